The zero-order valence-corrected chi connectivity index (χ0v) is 8.32. The Hall–Kier alpha value is -1.02. The maximum atomic E-state index is 3.50. The number of piperazine rings is 1. The van der Waals surface area contributed by atoms with E-state index in [1.807, 2.05) is 0 Å². The first kappa shape index (κ1) is 8.30. The fourth-order valence-electron chi connectivity index (χ4n) is 2.80. The third-order valence-electron chi connectivity index (χ3n) is 3.43. The van der Waals surface area contributed by atoms with Gasteiger partial charge < -0.3 is 10.2 Å². The lowest BCUT2D eigenvalue weighted by Gasteiger charge is -2.37. The van der Waals surface area contributed by atoms with E-state index in [0.29, 0.717) is 0 Å². The Morgan fingerprint density at radius 1 is 1.00 bits per heavy atom. The van der Waals surface area contributed by atoms with Crippen molar-refractivity contribution in [3.05, 3.63) is 30.3 Å². The highest BCUT2D eigenvalue weighted by Gasteiger charge is 2.36. The second kappa shape index (κ2) is 3.28. The first-order valence-corrected chi connectivity index (χ1v) is 5.49. The van der Waals surface area contributed by atoms with Gasteiger partial charge in [0.05, 0.1) is 0 Å². The van der Waals surface area contributed by atoms with E-state index in [1.54, 1.807) is 0 Å². The molecule has 2 aliphatic heterocycles. The third kappa shape index (κ3) is 1.22. The number of nitrogens with zero attached hydrogens (tertiary/aromatic N) is 1. The van der Waals surface area contributed by atoms with Crippen molar-refractivity contribution in [1.82, 2.24) is 5.32 Å². The third-order valence-corrected chi connectivity index (χ3v) is 3.43. The van der Waals surface area contributed by atoms with Crippen LogP contribution in [0, 0.1) is 0 Å². The molecule has 0 spiro atoms. The van der Waals surface area contributed by atoms with E-state index < -0.39 is 0 Å². The highest BCUT2D eigenvalue weighted by Crippen LogP contribution is 2.31. The van der Waals surface area contributed by atoms with E-state index >= 15 is 0 Å². The van der Waals surface area contributed by atoms with E-state index in [2.05, 4.69) is 40.5 Å². The van der Waals surface area contributed by atoms with E-state index in [9.17, 15) is 0 Å². The molecule has 0 aromatic heterocycles. The van der Waals surface area contributed by atoms with E-state index in [1.165, 1.54) is 18.5 Å². The number of nitrogens with one attached hydrogen (secondary N) is 1. The molecular formula is C12H16N2. The van der Waals surface area contributed by atoms with Crippen LogP contribution in [0.3, 0.4) is 0 Å². The topological polar surface area (TPSA) is 15.3 Å². The van der Waals surface area contributed by atoms with Gasteiger partial charge in [-0.2, -0.15) is 0 Å². The molecule has 2 atom stereocenters. The molecule has 0 saturated carbocycles. The second-order valence-corrected chi connectivity index (χ2v) is 4.29. The van der Waals surface area contributed by atoms with Crippen LogP contribution in [0.25, 0.3) is 0 Å². The van der Waals surface area contributed by atoms with Crippen LogP contribution < -0.4 is 10.2 Å². The minimum absolute atomic E-state index is 0.733. The Morgan fingerprint density at radius 2 is 1.64 bits per heavy atom. The fourth-order valence-corrected chi connectivity index (χ4v) is 2.80. The summed E-state index contributed by atoms with van der Waals surface area (Å²) in [6, 6.07) is 12.3. The smallest absolute Gasteiger partial charge is 0.0419 e. The molecule has 14 heavy (non-hydrogen) atoms. The van der Waals surface area contributed by atoms with Gasteiger partial charge in [0.2, 0.25) is 0 Å². The average molecular weight is 188 g/mol. The van der Waals surface area contributed by atoms with Crippen LogP contribution in [0.1, 0.15) is 12.8 Å². The van der Waals surface area contributed by atoms with Crippen molar-refractivity contribution in [3.63, 3.8) is 0 Å². The highest BCUT2D eigenvalue weighted by atomic mass is 15.3. The summed E-state index contributed by atoms with van der Waals surface area (Å²) in [4.78, 5) is 2.61. The number of benzene rings is 1. The minimum atomic E-state index is 0.733. The number of rotatable bonds is 1. The molecule has 1 aromatic rings. The molecule has 2 saturated heterocycles. The number of hydrogen-bond donors (Lipinski definition) is 1. The average Bonchev–Trinajstić information content (AvgIpc) is 2.50. The highest BCUT2D eigenvalue weighted by molar-refractivity contribution is 5.50. The number of fused-ring (bicyclic) bond motifs is 2. The Morgan fingerprint density at radius 3 is 2.29 bits per heavy atom. The molecule has 0 aliphatic carbocycles. The predicted octanol–water partition coefficient (Wildman–Crippen LogP) is 1.63. The van der Waals surface area contributed by atoms with Gasteiger partial charge in [0.25, 0.3) is 0 Å². The van der Waals surface area contributed by atoms with E-state index in [4.69, 9.17) is 0 Å². The molecule has 2 bridgehead atoms. The summed E-state index contributed by atoms with van der Waals surface area (Å²) in [6.45, 7) is 2.32. The van der Waals surface area contributed by atoms with Gasteiger partial charge in [-0.25, -0.2) is 0 Å². The lowest BCUT2D eigenvalue weighted by molar-refractivity contribution is 0.485. The van der Waals surface area contributed by atoms with Crippen molar-refractivity contribution < 1.29 is 0 Å². The molecule has 0 amide bonds. The van der Waals surface area contributed by atoms with Gasteiger partial charge in [0, 0.05) is 30.9 Å². The summed E-state index contributed by atoms with van der Waals surface area (Å²) in [5, 5.41) is 3.50. The van der Waals surface area contributed by atoms with Crippen LogP contribution in [-0.4, -0.2) is 25.2 Å². The SMILES string of the molecule is c1ccc(N2C3CCC2CNC3)cc1. The lowest BCUT2D eigenvalue weighted by atomic mass is 10.2. The molecule has 2 nitrogen and oxygen atoms in total. The van der Waals surface area contributed by atoms with E-state index in [-0.39, 0.29) is 0 Å². The van der Waals surface area contributed by atoms with Gasteiger partial charge in [-0.05, 0) is 25.0 Å². The molecule has 2 fully saturated rings. The maximum absolute atomic E-state index is 3.50. The normalized spacial score (nSPS) is 30.7. The monoisotopic (exact) mass is 188 g/mol. The van der Waals surface area contributed by atoms with Crippen molar-refractivity contribution in [3.8, 4) is 0 Å². The summed E-state index contributed by atoms with van der Waals surface area (Å²) < 4.78 is 0. The number of hydrogen-bond acceptors (Lipinski definition) is 2. The van der Waals surface area contributed by atoms with Crippen LogP contribution in [0.15, 0.2) is 30.3 Å². The summed E-state index contributed by atoms with van der Waals surface area (Å²) in [7, 11) is 0. The van der Waals surface area contributed by atoms with Gasteiger partial charge in [-0.3, -0.25) is 0 Å². The maximum Gasteiger partial charge on any atom is 0.0419 e. The summed E-state index contributed by atoms with van der Waals surface area (Å²) in [5.41, 5.74) is 1.40. The summed E-state index contributed by atoms with van der Waals surface area (Å²) in [6.07, 6.45) is 2.71. The quantitative estimate of drug-likeness (QED) is 0.720. The molecule has 2 aliphatic rings. The molecule has 3 rings (SSSR count). The Bertz CT molecular complexity index is 293. The molecule has 2 unspecified atom stereocenters. The first-order valence-electron chi connectivity index (χ1n) is 5.49. The van der Waals surface area contributed by atoms with Crippen LogP contribution in [0.5, 0.6) is 0 Å². The van der Waals surface area contributed by atoms with Gasteiger partial charge in [-0.15, -0.1) is 0 Å². The molecule has 2 heteroatoms. The van der Waals surface area contributed by atoms with Crippen molar-refractivity contribution in [2.45, 2.75) is 24.9 Å². The largest absolute Gasteiger partial charge is 0.363 e. The molecule has 74 valence electrons. The van der Waals surface area contributed by atoms with E-state index in [0.717, 1.165) is 25.2 Å². The van der Waals surface area contributed by atoms with Gasteiger partial charge >= 0.3 is 0 Å². The lowest BCUT2D eigenvalue weighted by Crippen LogP contribution is -2.51. The number of anilines is 1. The zero-order valence-electron chi connectivity index (χ0n) is 8.32. The van der Waals surface area contributed by atoms with Gasteiger partial charge in [0.15, 0.2) is 0 Å². The van der Waals surface area contributed by atoms with Crippen LogP contribution >= 0.6 is 0 Å². The molecule has 2 heterocycles. The van der Waals surface area contributed by atoms with Crippen molar-refractivity contribution in [2.24, 2.45) is 0 Å². The fraction of sp³-hybridized carbons (Fsp3) is 0.500. The minimum Gasteiger partial charge on any atom is -0.363 e. The second-order valence-electron chi connectivity index (χ2n) is 4.29. The Labute approximate surface area is 84.9 Å². The Balaban J connectivity index is 1.92. The van der Waals surface area contributed by atoms with Gasteiger partial charge in [0.1, 0.15) is 0 Å². The molecular weight excluding hydrogens is 172 g/mol. The van der Waals surface area contributed by atoms with Crippen LogP contribution in [0.2, 0.25) is 0 Å². The predicted molar refractivity (Wildman–Crippen MR) is 58.6 cm³/mol. The van der Waals surface area contributed by atoms with Crippen molar-refractivity contribution in [2.75, 3.05) is 18.0 Å². The standard InChI is InChI=1S/C12H16N2/c1-2-4-10(5-3-1)14-11-6-7-12(14)9-13-8-11/h1-5,11-13H,6-9H2. The van der Waals surface area contributed by atoms with Crippen LogP contribution in [0.4, 0.5) is 5.69 Å². The molecule has 0 radical (unpaired) electrons. The van der Waals surface area contributed by atoms with Crippen LogP contribution in [-0.2, 0) is 0 Å². The number of para-hydroxylation sites is 1. The zero-order chi connectivity index (χ0) is 9.38. The first-order chi connectivity index (χ1) is 6.95. The summed E-state index contributed by atoms with van der Waals surface area (Å²) in [5.74, 6) is 0. The summed E-state index contributed by atoms with van der Waals surface area (Å²) >= 11 is 0. The van der Waals surface area contributed by atoms with Crippen molar-refractivity contribution in [1.29, 1.82) is 0 Å². The van der Waals surface area contributed by atoms with Gasteiger partial charge in [-0.1, -0.05) is 18.2 Å². The molecule has 1 N–H and O–H groups in total. The molecule has 1 aromatic carbocycles. The Kier molecular flexibility index (Phi) is 1.95. The van der Waals surface area contributed by atoms with Crippen molar-refractivity contribution >= 4 is 5.69 Å².